The van der Waals surface area contributed by atoms with Gasteiger partial charge in [-0.15, -0.1) is 0 Å². The molecule has 0 aliphatic carbocycles. The highest BCUT2D eigenvalue weighted by Gasteiger charge is 2.43. The topological polar surface area (TPSA) is 71.7 Å². The Morgan fingerprint density at radius 2 is 1.96 bits per heavy atom. The Hall–Kier alpha value is -1.82. The van der Waals surface area contributed by atoms with Crippen LogP contribution in [0.1, 0.15) is 26.3 Å². The SMILES string of the molecule is CC(C)(C)OC(=O)N1CC2CN(c3ncccc3CN)CC2C1. The van der Waals surface area contributed by atoms with Crippen molar-refractivity contribution in [2.24, 2.45) is 17.6 Å². The van der Waals surface area contributed by atoms with Crippen LogP contribution >= 0.6 is 0 Å². The summed E-state index contributed by atoms with van der Waals surface area (Å²) in [4.78, 5) is 20.9. The van der Waals surface area contributed by atoms with E-state index in [1.165, 1.54) is 0 Å². The fourth-order valence-electron chi connectivity index (χ4n) is 3.52. The molecule has 0 radical (unpaired) electrons. The molecule has 6 heteroatoms. The largest absolute Gasteiger partial charge is 0.444 e. The maximum absolute atomic E-state index is 12.2. The number of carbonyl (C=O) groups is 1. The van der Waals surface area contributed by atoms with Crippen molar-refractivity contribution >= 4 is 11.9 Å². The van der Waals surface area contributed by atoms with Crippen molar-refractivity contribution < 1.29 is 9.53 Å². The van der Waals surface area contributed by atoms with E-state index in [2.05, 4.69) is 9.88 Å². The Balaban J connectivity index is 1.62. The Morgan fingerprint density at radius 3 is 2.52 bits per heavy atom. The summed E-state index contributed by atoms with van der Waals surface area (Å²) < 4.78 is 5.48. The Morgan fingerprint density at radius 1 is 1.30 bits per heavy atom. The number of ether oxygens (including phenoxy) is 1. The number of likely N-dealkylation sites (tertiary alicyclic amines) is 1. The fraction of sp³-hybridized carbons (Fsp3) is 0.647. The van der Waals surface area contributed by atoms with Gasteiger partial charge in [-0.05, 0) is 26.8 Å². The van der Waals surface area contributed by atoms with E-state index in [0.29, 0.717) is 18.4 Å². The van der Waals surface area contributed by atoms with Crippen LogP contribution in [-0.2, 0) is 11.3 Å². The lowest BCUT2D eigenvalue weighted by molar-refractivity contribution is 0.0282. The summed E-state index contributed by atoms with van der Waals surface area (Å²) in [6.45, 7) is 9.58. The number of rotatable bonds is 2. The molecule has 2 unspecified atom stereocenters. The van der Waals surface area contributed by atoms with Crippen molar-refractivity contribution in [3.63, 3.8) is 0 Å². The summed E-state index contributed by atoms with van der Waals surface area (Å²) in [7, 11) is 0. The molecule has 0 spiro atoms. The van der Waals surface area contributed by atoms with Gasteiger partial charge in [0.2, 0.25) is 0 Å². The van der Waals surface area contributed by atoms with Gasteiger partial charge in [-0.3, -0.25) is 0 Å². The van der Waals surface area contributed by atoms with Crippen LogP contribution in [0, 0.1) is 11.8 Å². The quantitative estimate of drug-likeness (QED) is 0.901. The Labute approximate surface area is 137 Å². The van der Waals surface area contributed by atoms with Gasteiger partial charge in [-0.25, -0.2) is 9.78 Å². The minimum atomic E-state index is -0.440. The van der Waals surface area contributed by atoms with Crippen LogP contribution in [0.15, 0.2) is 18.3 Å². The molecule has 2 saturated heterocycles. The van der Waals surface area contributed by atoms with E-state index < -0.39 is 5.60 Å². The predicted octanol–water partition coefficient (Wildman–Crippen LogP) is 1.84. The maximum atomic E-state index is 12.2. The average Bonchev–Trinajstić information content (AvgIpc) is 3.03. The summed E-state index contributed by atoms with van der Waals surface area (Å²) >= 11 is 0. The number of nitrogens with two attached hydrogens (primary N) is 1. The normalized spacial score (nSPS) is 24.0. The molecule has 126 valence electrons. The molecule has 2 aliphatic heterocycles. The van der Waals surface area contributed by atoms with Crippen molar-refractivity contribution in [3.8, 4) is 0 Å². The molecule has 0 bridgehead atoms. The summed E-state index contributed by atoms with van der Waals surface area (Å²) in [6.07, 6.45) is 1.62. The first-order valence-corrected chi connectivity index (χ1v) is 8.24. The van der Waals surface area contributed by atoms with Crippen molar-refractivity contribution in [3.05, 3.63) is 23.9 Å². The summed E-state index contributed by atoms with van der Waals surface area (Å²) in [5, 5.41) is 0. The van der Waals surface area contributed by atoms with Gasteiger partial charge in [0.05, 0.1) is 0 Å². The van der Waals surface area contributed by atoms with Crippen molar-refractivity contribution in [2.45, 2.75) is 32.9 Å². The second-order valence-corrected chi connectivity index (χ2v) is 7.50. The standard InChI is InChI=1S/C17H26N4O2/c1-17(2,3)23-16(22)21-10-13-8-20(9-14(13)11-21)15-12(7-18)5-4-6-19-15/h4-6,13-14H,7-11,18H2,1-3H3. The highest BCUT2D eigenvalue weighted by atomic mass is 16.6. The zero-order chi connectivity index (χ0) is 16.6. The lowest BCUT2D eigenvalue weighted by Gasteiger charge is -2.26. The van der Waals surface area contributed by atoms with Gasteiger partial charge in [0.1, 0.15) is 11.4 Å². The monoisotopic (exact) mass is 318 g/mol. The van der Waals surface area contributed by atoms with Gasteiger partial charge < -0.3 is 20.3 Å². The van der Waals surface area contributed by atoms with Gasteiger partial charge in [0.25, 0.3) is 0 Å². The molecule has 0 aromatic carbocycles. The van der Waals surface area contributed by atoms with E-state index in [1.807, 2.05) is 44.0 Å². The lowest BCUT2D eigenvalue weighted by Crippen LogP contribution is -2.37. The molecule has 3 rings (SSSR count). The molecule has 23 heavy (non-hydrogen) atoms. The van der Waals surface area contributed by atoms with Gasteiger partial charge in [-0.1, -0.05) is 6.07 Å². The highest BCUT2D eigenvalue weighted by Crippen LogP contribution is 2.34. The number of carbonyl (C=O) groups excluding carboxylic acids is 1. The number of fused-ring (bicyclic) bond motifs is 1. The van der Waals surface area contributed by atoms with E-state index in [0.717, 1.165) is 37.6 Å². The van der Waals surface area contributed by atoms with Gasteiger partial charge in [0.15, 0.2) is 0 Å². The number of hydrogen-bond donors (Lipinski definition) is 1. The van der Waals surface area contributed by atoms with Crippen molar-refractivity contribution in [1.29, 1.82) is 0 Å². The minimum Gasteiger partial charge on any atom is -0.444 e. The van der Waals surface area contributed by atoms with Gasteiger partial charge in [-0.2, -0.15) is 0 Å². The van der Waals surface area contributed by atoms with Crippen LogP contribution in [0.2, 0.25) is 0 Å². The maximum Gasteiger partial charge on any atom is 0.410 e. The first-order valence-electron chi connectivity index (χ1n) is 8.24. The van der Waals surface area contributed by atoms with Crippen LogP contribution in [-0.4, -0.2) is 47.8 Å². The minimum absolute atomic E-state index is 0.195. The molecule has 6 nitrogen and oxygen atoms in total. The highest BCUT2D eigenvalue weighted by molar-refractivity contribution is 5.68. The van der Waals surface area contributed by atoms with Crippen molar-refractivity contribution in [1.82, 2.24) is 9.88 Å². The zero-order valence-electron chi connectivity index (χ0n) is 14.2. The zero-order valence-corrected chi connectivity index (χ0v) is 14.2. The fourth-order valence-corrected chi connectivity index (χ4v) is 3.52. The van der Waals surface area contributed by atoms with Crippen LogP contribution in [0.3, 0.4) is 0 Å². The number of anilines is 1. The first-order chi connectivity index (χ1) is 10.9. The van der Waals surface area contributed by atoms with E-state index >= 15 is 0 Å². The van der Waals surface area contributed by atoms with E-state index in [4.69, 9.17) is 10.5 Å². The lowest BCUT2D eigenvalue weighted by atomic mass is 10.0. The molecule has 2 N–H and O–H groups in total. The Bertz CT molecular complexity index is 570. The average molecular weight is 318 g/mol. The molecule has 2 fully saturated rings. The summed E-state index contributed by atoms with van der Waals surface area (Å²) in [5.41, 5.74) is 6.46. The first kappa shape index (κ1) is 16.1. The van der Waals surface area contributed by atoms with Gasteiger partial charge >= 0.3 is 6.09 Å². The second-order valence-electron chi connectivity index (χ2n) is 7.50. The predicted molar refractivity (Wildman–Crippen MR) is 89.1 cm³/mol. The van der Waals surface area contributed by atoms with E-state index in [1.54, 1.807) is 0 Å². The molecule has 2 aliphatic rings. The smallest absolute Gasteiger partial charge is 0.410 e. The third kappa shape index (κ3) is 3.42. The molecule has 1 amide bonds. The van der Waals surface area contributed by atoms with E-state index in [9.17, 15) is 4.79 Å². The Kier molecular flexibility index (Phi) is 4.19. The number of pyridine rings is 1. The molecule has 3 heterocycles. The van der Waals surface area contributed by atoms with E-state index in [-0.39, 0.29) is 6.09 Å². The van der Waals surface area contributed by atoms with Crippen LogP contribution < -0.4 is 10.6 Å². The molecule has 1 aromatic heterocycles. The number of aromatic nitrogens is 1. The number of nitrogens with zero attached hydrogens (tertiary/aromatic N) is 3. The molecule has 2 atom stereocenters. The molecule has 1 aromatic rings. The molecular formula is C17H26N4O2. The van der Waals surface area contributed by atoms with Crippen molar-refractivity contribution in [2.75, 3.05) is 31.1 Å². The third-order valence-electron chi connectivity index (χ3n) is 4.52. The van der Waals surface area contributed by atoms with Crippen LogP contribution in [0.25, 0.3) is 0 Å². The van der Waals surface area contributed by atoms with Crippen LogP contribution in [0.5, 0.6) is 0 Å². The molecule has 0 saturated carbocycles. The molecular weight excluding hydrogens is 292 g/mol. The second kappa shape index (κ2) is 6.00. The number of amides is 1. The summed E-state index contributed by atoms with van der Waals surface area (Å²) in [6, 6.07) is 3.95. The third-order valence-corrected chi connectivity index (χ3v) is 4.52. The number of hydrogen-bond acceptors (Lipinski definition) is 5. The van der Waals surface area contributed by atoms with Crippen LogP contribution in [0.4, 0.5) is 10.6 Å². The van der Waals surface area contributed by atoms with Gasteiger partial charge in [0, 0.05) is 56.3 Å². The summed E-state index contributed by atoms with van der Waals surface area (Å²) in [5.74, 6) is 1.96.